The Morgan fingerprint density at radius 2 is 2.00 bits per heavy atom. The number of Topliss-reactive ketones (excluding diaryl/α,β-unsaturated/α-hetero) is 1. The highest BCUT2D eigenvalue weighted by atomic mass is 35.5. The Balaban J connectivity index is 1.52. The fraction of sp³-hybridized carbons (Fsp3) is 0.667. The maximum Gasteiger partial charge on any atom is 0.262 e. The summed E-state index contributed by atoms with van der Waals surface area (Å²) >= 11 is 6.49. The van der Waals surface area contributed by atoms with E-state index in [1.165, 1.54) is 7.11 Å². The maximum absolute atomic E-state index is 13.0. The number of hydrogen-bond acceptors (Lipinski definition) is 8. The Hall–Kier alpha value is -2.19. The van der Waals surface area contributed by atoms with Gasteiger partial charge in [0.05, 0.1) is 12.5 Å². The Kier molecular flexibility index (Phi) is 6.07. The maximum atomic E-state index is 13.0. The number of rotatable bonds is 5. The number of likely N-dealkylation sites (N-methyl/N-ethyl adjacent to an activating group) is 1. The van der Waals surface area contributed by atoms with E-state index in [4.69, 9.17) is 25.6 Å². The van der Waals surface area contributed by atoms with Crippen LogP contribution in [-0.4, -0.2) is 58.7 Å². The quantitative estimate of drug-likeness (QED) is 0.590. The summed E-state index contributed by atoms with van der Waals surface area (Å²) in [6.45, 7) is 3.09. The van der Waals surface area contributed by atoms with Crippen LogP contribution in [0.4, 0.5) is 0 Å². The Labute approximate surface area is 199 Å². The predicted octanol–water partition coefficient (Wildman–Crippen LogP) is 4.37. The van der Waals surface area contributed by atoms with Crippen molar-refractivity contribution >= 4 is 17.4 Å². The average molecular weight is 475 g/mol. The van der Waals surface area contributed by atoms with Crippen molar-refractivity contribution in [1.82, 2.24) is 20.0 Å². The third-order valence-electron chi connectivity index (χ3n) is 7.67. The molecule has 0 bridgehead atoms. The number of carbonyl (C=O) groups excluding carboxylic acids is 1. The molecule has 3 aliphatic rings. The minimum absolute atomic E-state index is 0.0976. The lowest BCUT2D eigenvalue weighted by Gasteiger charge is -2.36. The molecule has 3 atom stereocenters. The van der Waals surface area contributed by atoms with Gasteiger partial charge >= 0.3 is 0 Å². The molecule has 5 rings (SSSR count). The number of carbonyl (C=O) groups is 1. The van der Waals surface area contributed by atoms with Gasteiger partial charge in [0.25, 0.3) is 5.88 Å². The number of likely N-dealkylation sites (tertiary alicyclic amines) is 1. The molecule has 0 N–H and O–H groups in total. The summed E-state index contributed by atoms with van der Waals surface area (Å²) in [5, 5.41) is 4.51. The summed E-state index contributed by atoms with van der Waals surface area (Å²) in [5.41, 5.74) is 0.920. The molecule has 0 radical (unpaired) electrons. The van der Waals surface area contributed by atoms with E-state index in [0.717, 1.165) is 63.5 Å². The SMILES string of the molecule is COc1c(Cl)nc(-c2noc3c2CCC[C@@]32CCCCC2=O)nc1O[C@@H](C)[C@@H]1CCCN1C. The van der Waals surface area contributed by atoms with Gasteiger partial charge in [0.15, 0.2) is 22.4 Å². The number of fused-ring (bicyclic) bond motifs is 2. The number of methoxy groups -OCH3 is 1. The zero-order valence-corrected chi connectivity index (χ0v) is 20.3. The summed E-state index contributed by atoms with van der Waals surface area (Å²) in [6.07, 6.45) is 8.01. The molecule has 0 aromatic carbocycles. The summed E-state index contributed by atoms with van der Waals surface area (Å²) in [6, 6.07) is 0.295. The second-order valence-corrected chi connectivity index (χ2v) is 9.95. The number of ether oxygens (including phenoxy) is 2. The molecule has 1 saturated carbocycles. The van der Waals surface area contributed by atoms with Crippen LogP contribution in [-0.2, 0) is 16.6 Å². The van der Waals surface area contributed by atoms with E-state index < -0.39 is 5.41 Å². The predicted molar refractivity (Wildman–Crippen MR) is 123 cm³/mol. The Bertz CT molecular complexity index is 1060. The largest absolute Gasteiger partial charge is 0.489 e. The van der Waals surface area contributed by atoms with Gasteiger partial charge in [0.2, 0.25) is 5.75 Å². The molecule has 2 aromatic heterocycles. The van der Waals surface area contributed by atoms with E-state index in [9.17, 15) is 4.79 Å². The molecule has 33 heavy (non-hydrogen) atoms. The molecular weight excluding hydrogens is 444 g/mol. The van der Waals surface area contributed by atoms with Crippen LogP contribution in [0.3, 0.4) is 0 Å². The van der Waals surface area contributed by atoms with Crippen LogP contribution in [0.25, 0.3) is 11.5 Å². The first-order valence-electron chi connectivity index (χ1n) is 12.0. The second kappa shape index (κ2) is 8.87. The lowest BCUT2D eigenvalue weighted by molar-refractivity contribution is -0.128. The van der Waals surface area contributed by atoms with Crippen molar-refractivity contribution in [3.05, 3.63) is 16.5 Å². The topological polar surface area (TPSA) is 90.6 Å². The highest BCUT2D eigenvalue weighted by molar-refractivity contribution is 6.31. The van der Waals surface area contributed by atoms with E-state index >= 15 is 0 Å². The normalized spacial score (nSPS) is 26.4. The van der Waals surface area contributed by atoms with E-state index in [-0.39, 0.29) is 17.0 Å². The molecule has 178 valence electrons. The monoisotopic (exact) mass is 474 g/mol. The van der Waals surface area contributed by atoms with Crippen LogP contribution in [0.15, 0.2) is 4.52 Å². The molecule has 1 spiro atoms. The number of hydrogen-bond donors (Lipinski definition) is 0. The van der Waals surface area contributed by atoms with Crippen molar-refractivity contribution in [3.8, 4) is 23.1 Å². The van der Waals surface area contributed by atoms with Crippen LogP contribution in [0.1, 0.15) is 69.6 Å². The Morgan fingerprint density at radius 3 is 2.73 bits per heavy atom. The fourth-order valence-electron chi connectivity index (χ4n) is 5.91. The van der Waals surface area contributed by atoms with Gasteiger partial charge in [-0.3, -0.25) is 9.69 Å². The van der Waals surface area contributed by atoms with Crippen molar-refractivity contribution < 1.29 is 18.8 Å². The summed E-state index contributed by atoms with van der Waals surface area (Å²) in [4.78, 5) is 24.4. The highest BCUT2D eigenvalue weighted by Crippen LogP contribution is 2.48. The fourth-order valence-corrected chi connectivity index (χ4v) is 6.15. The molecule has 0 unspecified atom stereocenters. The third kappa shape index (κ3) is 3.81. The van der Waals surface area contributed by atoms with Crippen LogP contribution in [0, 0.1) is 0 Å². The van der Waals surface area contributed by atoms with Gasteiger partial charge in [0, 0.05) is 18.0 Å². The zero-order chi connectivity index (χ0) is 23.2. The van der Waals surface area contributed by atoms with Gasteiger partial charge in [-0.15, -0.1) is 0 Å². The van der Waals surface area contributed by atoms with Gasteiger partial charge in [-0.05, 0) is 65.5 Å². The van der Waals surface area contributed by atoms with E-state index in [0.29, 0.717) is 41.4 Å². The highest BCUT2D eigenvalue weighted by Gasteiger charge is 2.48. The first kappa shape index (κ1) is 22.6. The standard InChI is InChI=1S/C24H31ClN4O4/c1-14(16-9-7-13-29(16)2)32-23-19(31-3)21(25)26-22(27-23)18-15-8-6-12-24(20(15)33-28-18)11-5-4-10-17(24)30/h14,16H,4-13H2,1-3H3/t14-,16-,24+/m0/s1. The molecular formula is C24H31ClN4O4. The van der Waals surface area contributed by atoms with E-state index in [1.54, 1.807) is 0 Å². The van der Waals surface area contributed by atoms with Crippen LogP contribution in [0.2, 0.25) is 5.15 Å². The minimum atomic E-state index is -0.547. The van der Waals surface area contributed by atoms with Crippen molar-refractivity contribution in [2.45, 2.75) is 82.3 Å². The first-order chi connectivity index (χ1) is 15.9. The summed E-state index contributed by atoms with van der Waals surface area (Å²) < 4.78 is 17.6. The molecule has 8 nitrogen and oxygen atoms in total. The number of halogens is 1. The van der Waals surface area contributed by atoms with E-state index in [1.807, 2.05) is 6.92 Å². The number of ketones is 1. The van der Waals surface area contributed by atoms with Gasteiger partial charge in [-0.1, -0.05) is 23.2 Å². The van der Waals surface area contributed by atoms with Crippen LogP contribution >= 0.6 is 11.6 Å². The number of aromatic nitrogens is 3. The van der Waals surface area contributed by atoms with Gasteiger partial charge in [0.1, 0.15) is 11.9 Å². The second-order valence-electron chi connectivity index (χ2n) is 9.59. The lowest BCUT2D eigenvalue weighted by Crippen LogP contribution is -2.41. The molecule has 1 saturated heterocycles. The number of nitrogens with zero attached hydrogens (tertiary/aromatic N) is 4. The molecule has 0 amide bonds. The molecule has 3 heterocycles. The Morgan fingerprint density at radius 1 is 1.18 bits per heavy atom. The smallest absolute Gasteiger partial charge is 0.262 e. The summed E-state index contributed by atoms with van der Waals surface area (Å²) in [7, 11) is 3.64. The first-order valence-corrected chi connectivity index (χ1v) is 12.3. The summed E-state index contributed by atoms with van der Waals surface area (Å²) in [5.74, 6) is 1.92. The van der Waals surface area contributed by atoms with Crippen molar-refractivity contribution in [3.63, 3.8) is 0 Å². The van der Waals surface area contributed by atoms with Crippen molar-refractivity contribution in [2.24, 2.45) is 0 Å². The molecule has 1 aliphatic heterocycles. The third-order valence-corrected chi connectivity index (χ3v) is 7.93. The van der Waals surface area contributed by atoms with Crippen LogP contribution in [0.5, 0.6) is 11.6 Å². The van der Waals surface area contributed by atoms with Crippen molar-refractivity contribution in [1.29, 1.82) is 0 Å². The molecule has 9 heteroatoms. The van der Waals surface area contributed by atoms with Gasteiger partial charge in [-0.2, -0.15) is 4.98 Å². The van der Waals surface area contributed by atoms with Crippen LogP contribution < -0.4 is 9.47 Å². The lowest BCUT2D eigenvalue weighted by atomic mass is 9.64. The average Bonchev–Trinajstić information content (AvgIpc) is 3.43. The van der Waals surface area contributed by atoms with E-state index in [2.05, 4.69) is 27.1 Å². The van der Waals surface area contributed by atoms with Gasteiger partial charge < -0.3 is 14.0 Å². The zero-order valence-electron chi connectivity index (χ0n) is 19.5. The van der Waals surface area contributed by atoms with Crippen molar-refractivity contribution in [2.75, 3.05) is 20.7 Å². The molecule has 2 fully saturated rings. The van der Waals surface area contributed by atoms with Gasteiger partial charge in [-0.25, -0.2) is 4.98 Å². The molecule has 2 aromatic rings. The minimum Gasteiger partial charge on any atom is -0.489 e. The molecule has 2 aliphatic carbocycles.